The number of carbonyl (C=O) groups is 2. The largest absolute Gasteiger partial charge is 0.491 e. The third-order valence-corrected chi connectivity index (χ3v) is 11.6. The second-order valence-corrected chi connectivity index (χ2v) is 15.3. The van der Waals surface area contributed by atoms with Crippen LogP contribution >= 0.6 is 15.9 Å². The van der Waals surface area contributed by atoms with E-state index in [0.717, 1.165) is 32.3 Å². The lowest BCUT2D eigenvalue weighted by molar-refractivity contribution is 0.184. The van der Waals surface area contributed by atoms with E-state index in [0.29, 0.717) is 29.0 Å². The fraction of sp³-hybridized carbons (Fsp3) is 0.120. The molecule has 1 atom stereocenters. The molecule has 0 spiro atoms. The number of aromatic nitrogens is 3. The number of amides is 2. The zero-order chi connectivity index (χ0) is 43.4. The number of nitrogens with zero attached hydrogens (tertiary/aromatic N) is 4. The first-order chi connectivity index (χ1) is 30.1. The molecule has 310 valence electrons. The fourth-order valence-electron chi connectivity index (χ4n) is 8.12. The molecule has 0 bridgehead atoms. The van der Waals surface area contributed by atoms with Crippen molar-refractivity contribution >= 4 is 50.4 Å². The van der Waals surface area contributed by atoms with Crippen molar-refractivity contribution in [2.24, 2.45) is 0 Å². The van der Waals surface area contributed by atoms with Gasteiger partial charge >= 0.3 is 12.2 Å². The van der Waals surface area contributed by atoms with Crippen molar-refractivity contribution in [3.8, 4) is 17.0 Å². The van der Waals surface area contributed by atoms with Crippen LogP contribution in [0.15, 0.2) is 169 Å². The number of imidazole rings is 1. The van der Waals surface area contributed by atoms with Gasteiger partial charge in [-0.25, -0.2) is 23.9 Å². The number of carboxylic acid groups (broad SMARTS) is 2. The Labute approximate surface area is 366 Å². The summed E-state index contributed by atoms with van der Waals surface area (Å²) >= 11 is 3.78. The van der Waals surface area contributed by atoms with E-state index < -0.39 is 29.6 Å². The number of halogens is 2. The maximum atomic E-state index is 17.4. The predicted octanol–water partition coefficient (Wildman–Crippen LogP) is 12.2. The Morgan fingerprint density at radius 1 is 0.806 bits per heavy atom. The van der Waals surface area contributed by atoms with E-state index in [1.165, 1.54) is 6.20 Å². The van der Waals surface area contributed by atoms with Crippen molar-refractivity contribution in [3.63, 3.8) is 0 Å². The number of fused-ring (bicyclic) bond motifs is 1. The van der Waals surface area contributed by atoms with Gasteiger partial charge in [0.15, 0.2) is 17.4 Å². The van der Waals surface area contributed by atoms with Gasteiger partial charge < -0.3 is 24.8 Å². The summed E-state index contributed by atoms with van der Waals surface area (Å²) in [6.07, 6.45) is 0.576. The van der Waals surface area contributed by atoms with Crippen LogP contribution in [0.5, 0.6) is 5.75 Å². The molecule has 0 fully saturated rings. The van der Waals surface area contributed by atoms with Crippen LogP contribution in [-0.4, -0.2) is 43.5 Å². The second kappa shape index (κ2) is 17.7. The van der Waals surface area contributed by atoms with Crippen molar-refractivity contribution in [2.75, 3.05) is 16.8 Å². The lowest BCUT2D eigenvalue weighted by Gasteiger charge is -2.39. The predicted molar refractivity (Wildman–Crippen MR) is 243 cm³/mol. The van der Waals surface area contributed by atoms with Crippen LogP contribution < -0.4 is 15.0 Å². The van der Waals surface area contributed by atoms with Gasteiger partial charge in [-0.05, 0) is 77.4 Å². The van der Waals surface area contributed by atoms with E-state index >= 15 is 4.39 Å². The molecule has 8 rings (SSSR count). The Morgan fingerprint density at radius 2 is 1.40 bits per heavy atom. The molecule has 0 saturated carbocycles. The van der Waals surface area contributed by atoms with E-state index in [4.69, 9.17) is 9.72 Å². The Kier molecular flexibility index (Phi) is 11.8. The SMILES string of the molecule is CCOc1cc(CC)cc(C(Nc2ccc3c(N(C(=O)O)C(=O)O)nccc3c2)c2nc(-c3ccccc3Br)cn2C(c2ccccc2)(c2ccccc2)c2ccccc2)c1F. The van der Waals surface area contributed by atoms with Crippen molar-refractivity contribution in [2.45, 2.75) is 31.8 Å². The Balaban J connectivity index is 1.47. The number of ether oxygens (including phenoxy) is 1. The summed E-state index contributed by atoms with van der Waals surface area (Å²) < 4.78 is 26.3. The number of aryl methyl sites for hydroxylation is 1. The van der Waals surface area contributed by atoms with Crippen LogP contribution in [-0.2, 0) is 12.0 Å². The highest BCUT2D eigenvalue weighted by atomic mass is 79.9. The number of hydrogen-bond donors (Lipinski definition) is 3. The highest BCUT2D eigenvalue weighted by molar-refractivity contribution is 9.10. The number of benzene rings is 6. The Hall–Kier alpha value is -7.31. The molecule has 6 aromatic carbocycles. The van der Waals surface area contributed by atoms with Gasteiger partial charge in [0.25, 0.3) is 0 Å². The monoisotopic (exact) mass is 889 g/mol. The zero-order valence-corrected chi connectivity index (χ0v) is 35.3. The first-order valence-corrected chi connectivity index (χ1v) is 20.8. The minimum Gasteiger partial charge on any atom is -0.491 e. The number of pyridine rings is 1. The smallest absolute Gasteiger partial charge is 0.422 e. The van der Waals surface area contributed by atoms with Gasteiger partial charge in [0.05, 0.1) is 12.3 Å². The Morgan fingerprint density at radius 3 is 1.97 bits per heavy atom. The van der Waals surface area contributed by atoms with Gasteiger partial charge in [-0.1, -0.05) is 138 Å². The first-order valence-electron chi connectivity index (χ1n) is 20.0. The summed E-state index contributed by atoms with van der Waals surface area (Å²) in [5.41, 5.74) is 4.79. The molecule has 0 saturated heterocycles. The normalized spacial score (nSPS) is 11.9. The highest BCUT2D eigenvalue weighted by Crippen LogP contribution is 2.46. The standard InChI is InChI=1S/C50H41BrFN5O5/c1-3-32-28-40(44(52)43(29-32)62-4-2)45(54-37-24-25-38-33(30-37)26-27-53-46(38)57(48(58)59)49(60)61)47-55-42(39-22-14-15-23-41(39)51)31-56(47)50(34-16-8-5-9-17-34,35-18-10-6-11-19-35)36-20-12-7-13-21-36/h5-31,45,54H,3-4H2,1-2H3,(H,58,59)(H,60,61). The molecule has 2 aromatic heterocycles. The molecule has 8 aromatic rings. The van der Waals surface area contributed by atoms with Gasteiger partial charge in [-0.15, -0.1) is 0 Å². The van der Waals surface area contributed by atoms with Crippen LogP contribution in [0.1, 0.15) is 53.5 Å². The van der Waals surface area contributed by atoms with Crippen molar-refractivity contribution in [1.29, 1.82) is 0 Å². The van der Waals surface area contributed by atoms with E-state index in [9.17, 15) is 19.8 Å². The average molecular weight is 891 g/mol. The van der Waals surface area contributed by atoms with Gasteiger partial charge in [0.1, 0.15) is 17.4 Å². The number of hydrogen-bond acceptors (Lipinski definition) is 6. The van der Waals surface area contributed by atoms with Gasteiger partial charge in [-0.3, -0.25) is 0 Å². The molecule has 3 N–H and O–H groups in total. The van der Waals surface area contributed by atoms with Crippen LogP contribution in [0, 0.1) is 5.82 Å². The summed E-state index contributed by atoms with van der Waals surface area (Å²) in [5.74, 6) is -0.259. The minimum atomic E-state index is -1.69. The molecule has 2 amide bonds. The summed E-state index contributed by atoms with van der Waals surface area (Å²) in [7, 11) is 0. The topological polar surface area (TPSA) is 130 Å². The number of rotatable bonds is 13. The molecule has 10 nitrogen and oxygen atoms in total. The average Bonchev–Trinajstić information content (AvgIpc) is 3.72. The lowest BCUT2D eigenvalue weighted by Crippen LogP contribution is -2.39. The van der Waals surface area contributed by atoms with Gasteiger partial charge in [0, 0.05) is 39.1 Å². The quantitative estimate of drug-likeness (QED) is 0.0976. The minimum absolute atomic E-state index is 0.106. The Bertz CT molecular complexity index is 2780. The molecule has 0 aliphatic heterocycles. The van der Waals surface area contributed by atoms with Crippen molar-refractivity contribution in [3.05, 3.63) is 208 Å². The summed E-state index contributed by atoms with van der Waals surface area (Å²) in [4.78, 5) is 33.9. The molecule has 0 aliphatic rings. The van der Waals surface area contributed by atoms with Crippen molar-refractivity contribution in [1.82, 2.24) is 14.5 Å². The van der Waals surface area contributed by atoms with Gasteiger partial charge in [-0.2, -0.15) is 4.90 Å². The summed E-state index contributed by atoms with van der Waals surface area (Å²) in [6.45, 7) is 4.05. The van der Waals surface area contributed by atoms with Crippen LogP contribution in [0.4, 0.5) is 25.5 Å². The molecular weight excluding hydrogens is 849 g/mol. The number of anilines is 2. The molecular formula is C50H41BrFN5O5. The maximum absolute atomic E-state index is 17.4. The number of nitrogens with one attached hydrogen (secondary N) is 1. The van der Waals surface area contributed by atoms with Gasteiger partial charge in [0.2, 0.25) is 0 Å². The lowest BCUT2D eigenvalue weighted by atomic mass is 9.76. The molecule has 62 heavy (non-hydrogen) atoms. The van der Waals surface area contributed by atoms with E-state index in [-0.39, 0.29) is 34.0 Å². The zero-order valence-electron chi connectivity index (χ0n) is 33.7. The van der Waals surface area contributed by atoms with Crippen molar-refractivity contribution < 1.29 is 28.9 Å². The molecule has 0 radical (unpaired) electrons. The number of imide groups is 1. The maximum Gasteiger partial charge on any atom is 0.422 e. The molecule has 2 heterocycles. The second-order valence-electron chi connectivity index (χ2n) is 14.5. The van der Waals surface area contributed by atoms with Crippen LogP contribution in [0.3, 0.4) is 0 Å². The molecule has 12 heteroatoms. The highest BCUT2D eigenvalue weighted by Gasteiger charge is 2.42. The van der Waals surface area contributed by atoms with Crippen LogP contribution in [0.25, 0.3) is 22.0 Å². The summed E-state index contributed by atoms with van der Waals surface area (Å²) in [6, 6.07) is 47.5. The molecule has 0 aliphatic carbocycles. The third-order valence-electron chi connectivity index (χ3n) is 10.9. The van der Waals surface area contributed by atoms with Crippen LogP contribution in [0.2, 0.25) is 0 Å². The molecule has 1 unspecified atom stereocenters. The summed E-state index contributed by atoms with van der Waals surface area (Å²) in [5, 5.41) is 24.0. The van der Waals surface area contributed by atoms with E-state index in [2.05, 4.69) is 67.2 Å². The fourth-order valence-corrected chi connectivity index (χ4v) is 8.60. The first kappa shape index (κ1) is 41.4. The third kappa shape index (κ3) is 7.65. The van der Waals surface area contributed by atoms with E-state index in [1.807, 2.05) is 105 Å². The van der Waals surface area contributed by atoms with E-state index in [1.54, 1.807) is 30.3 Å².